The van der Waals surface area contributed by atoms with Crippen molar-refractivity contribution in [2.24, 2.45) is 0 Å². The Morgan fingerprint density at radius 1 is 0.457 bits per heavy atom. The summed E-state index contributed by atoms with van der Waals surface area (Å²) in [6.45, 7) is 24.1. The minimum atomic E-state index is 0.0232. The molecular formula is C66H65BN2O. The maximum atomic E-state index is 7.22. The van der Waals surface area contributed by atoms with Gasteiger partial charge in [0, 0.05) is 39.1 Å². The number of rotatable bonds is 6. The van der Waals surface area contributed by atoms with Crippen molar-refractivity contribution in [3.05, 3.63) is 185 Å². The number of nitrogens with zero attached hydrogens (tertiary/aromatic N) is 1. The smallest absolute Gasteiger partial charge is 0.198 e. The second-order valence-electron chi connectivity index (χ2n) is 23.6. The van der Waals surface area contributed by atoms with Crippen molar-refractivity contribution < 1.29 is 4.42 Å². The topological polar surface area (TPSA) is 28.4 Å². The van der Waals surface area contributed by atoms with Gasteiger partial charge < -0.3 is 14.6 Å². The molecule has 4 heteroatoms. The third-order valence-corrected chi connectivity index (χ3v) is 17.1. The molecule has 0 fully saturated rings. The number of benzene rings is 8. The van der Waals surface area contributed by atoms with Crippen LogP contribution in [0.2, 0.25) is 0 Å². The van der Waals surface area contributed by atoms with Gasteiger partial charge in [-0.1, -0.05) is 170 Å². The molecule has 0 saturated heterocycles. The van der Waals surface area contributed by atoms with Gasteiger partial charge in [0.2, 0.25) is 0 Å². The SMILES string of the molecule is Cc1cc2c(cc1Nc1ccc(-c3ccccc3)cc1-c1cc3c(oc4ccccc43)c3c1Bc1ccc(-c4ccccc4)cc1N3c1cc3c(cc1C)C(C)(C)CCC3(C)C)C(C)(C)CCC2(C)C. The highest BCUT2D eigenvalue weighted by atomic mass is 16.3. The van der Waals surface area contributed by atoms with E-state index in [1.807, 2.05) is 0 Å². The first-order chi connectivity index (χ1) is 33.5. The number of fused-ring (bicyclic) bond motifs is 8. The zero-order chi connectivity index (χ0) is 48.5. The van der Waals surface area contributed by atoms with Crippen LogP contribution >= 0.6 is 0 Å². The Morgan fingerprint density at radius 2 is 1.00 bits per heavy atom. The molecule has 0 radical (unpaired) electrons. The van der Waals surface area contributed by atoms with Gasteiger partial charge in [0.1, 0.15) is 5.58 Å². The summed E-state index contributed by atoms with van der Waals surface area (Å²) in [5.74, 6) is 0. The van der Waals surface area contributed by atoms with Crippen LogP contribution in [0.5, 0.6) is 0 Å². The van der Waals surface area contributed by atoms with Crippen molar-refractivity contribution in [2.45, 2.75) is 117 Å². The first-order valence-corrected chi connectivity index (χ1v) is 25.7. The van der Waals surface area contributed by atoms with E-state index in [4.69, 9.17) is 4.42 Å². The molecule has 0 atom stereocenters. The fraction of sp³-hybridized carbons (Fsp3) is 0.273. The molecule has 0 bridgehead atoms. The van der Waals surface area contributed by atoms with Gasteiger partial charge in [-0.2, -0.15) is 0 Å². The first kappa shape index (κ1) is 44.4. The molecule has 3 aliphatic rings. The lowest BCUT2D eigenvalue weighted by Crippen LogP contribution is -2.41. The average molecular weight is 913 g/mol. The van der Waals surface area contributed by atoms with Crippen molar-refractivity contribution in [3.8, 4) is 33.4 Å². The van der Waals surface area contributed by atoms with Gasteiger partial charge in [0.25, 0.3) is 0 Å². The molecule has 9 aromatic rings. The summed E-state index contributed by atoms with van der Waals surface area (Å²) in [5, 5.41) is 6.38. The number of para-hydroxylation sites is 1. The van der Waals surface area contributed by atoms with Crippen molar-refractivity contribution in [3.63, 3.8) is 0 Å². The second-order valence-corrected chi connectivity index (χ2v) is 23.6. The molecule has 70 heavy (non-hydrogen) atoms. The Labute approximate surface area is 416 Å². The monoisotopic (exact) mass is 913 g/mol. The summed E-state index contributed by atoms with van der Waals surface area (Å²) < 4.78 is 7.22. The molecule has 0 amide bonds. The van der Waals surface area contributed by atoms with Gasteiger partial charge >= 0.3 is 0 Å². The molecule has 1 aromatic heterocycles. The molecule has 348 valence electrons. The Bertz CT molecular complexity index is 3570. The minimum Gasteiger partial charge on any atom is -0.454 e. The van der Waals surface area contributed by atoms with E-state index >= 15 is 0 Å². The zero-order valence-electron chi connectivity index (χ0n) is 42.8. The standard InChI is InChI=1S/C66H65BN2O/c1-40-33-50-52(65(7,8)31-29-63(50,3)4)38-56(40)68-55-28-26-44(42-19-13-11-14-20-42)35-47(55)48-37-49-46-23-17-18-24-59(46)70-62(49)61-60(48)67-54-27-25-45(43-21-15-12-16-22-43)36-58(54)69(61)57-39-53-51(34-41(57)2)64(5,6)30-32-66(53,9)10/h11-28,33-39,67-68H,29-32H2,1-10H3. The molecule has 8 aromatic carbocycles. The van der Waals surface area contributed by atoms with Crippen LogP contribution in [0.1, 0.15) is 114 Å². The predicted octanol–water partition coefficient (Wildman–Crippen LogP) is 16.8. The van der Waals surface area contributed by atoms with Crippen LogP contribution in [0.4, 0.5) is 28.4 Å². The summed E-state index contributed by atoms with van der Waals surface area (Å²) in [6, 6.07) is 57.1. The molecule has 1 N–H and O–H groups in total. The van der Waals surface area contributed by atoms with Gasteiger partial charge in [-0.25, -0.2) is 0 Å². The fourth-order valence-corrected chi connectivity index (χ4v) is 12.5. The maximum absolute atomic E-state index is 7.22. The summed E-state index contributed by atoms with van der Waals surface area (Å²) in [5.41, 5.74) is 26.1. The van der Waals surface area contributed by atoms with Gasteiger partial charge in [-0.3, -0.25) is 0 Å². The van der Waals surface area contributed by atoms with Crippen LogP contribution in [-0.4, -0.2) is 7.28 Å². The van der Waals surface area contributed by atoms with E-state index < -0.39 is 0 Å². The molecule has 0 unspecified atom stereocenters. The minimum absolute atomic E-state index is 0.0232. The van der Waals surface area contributed by atoms with Crippen LogP contribution in [0, 0.1) is 13.8 Å². The van der Waals surface area contributed by atoms with Crippen LogP contribution in [0.25, 0.3) is 55.3 Å². The zero-order valence-corrected chi connectivity index (χ0v) is 42.8. The fourth-order valence-electron chi connectivity index (χ4n) is 12.5. The summed E-state index contributed by atoms with van der Waals surface area (Å²) in [6.07, 6.45) is 4.67. The van der Waals surface area contributed by atoms with Crippen molar-refractivity contribution >= 4 is 68.6 Å². The lowest BCUT2D eigenvalue weighted by molar-refractivity contribution is 0.332. The van der Waals surface area contributed by atoms with Gasteiger partial charge in [0.15, 0.2) is 12.9 Å². The van der Waals surface area contributed by atoms with E-state index in [0.717, 1.165) is 52.7 Å². The van der Waals surface area contributed by atoms with Crippen molar-refractivity contribution in [2.75, 3.05) is 10.2 Å². The number of hydrogen-bond donors (Lipinski definition) is 1. The highest BCUT2D eigenvalue weighted by Gasteiger charge is 2.41. The highest BCUT2D eigenvalue weighted by molar-refractivity contribution is 6.74. The number of aryl methyl sites for hydroxylation is 2. The van der Waals surface area contributed by atoms with Crippen LogP contribution in [0.15, 0.2) is 156 Å². The van der Waals surface area contributed by atoms with E-state index in [2.05, 4.69) is 231 Å². The largest absolute Gasteiger partial charge is 0.454 e. The van der Waals surface area contributed by atoms with Crippen molar-refractivity contribution in [1.29, 1.82) is 0 Å². The predicted molar refractivity (Wildman–Crippen MR) is 301 cm³/mol. The first-order valence-electron chi connectivity index (χ1n) is 25.7. The quantitative estimate of drug-likeness (QED) is 0.169. The van der Waals surface area contributed by atoms with E-state index in [1.165, 1.54) is 108 Å². The summed E-state index contributed by atoms with van der Waals surface area (Å²) >= 11 is 0. The third kappa shape index (κ3) is 7.15. The molecule has 12 rings (SSSR count). The van der Waals surface area contributed by atoms with E-state index in [0.29, 0.717) is 0 Å². The van der Waals surface area contributed by atoms with Crippen LogP contribution in [-0.2, 0) is 21.7 Å². The Hall–Kier alpha value is -6.78. The second kappa shape index (κ2) is 15.9. The normalized spacial score (nSPS) is 17.0. The number of anilines is 5. The average Bonchev–Trinajstić information content (AvgIpc) is 3.73. The molecule has 2 aliphatic carbocycles. The molecule has 2 heterocycles. The molecular weight excluding hydrogens is 848 g/mol. The third-order valence-electron chi connectivity index (χ3n) is 17.1. The number of hydrogen-bond acceptors (Lipinski definition) is 3. The number of nitrogens with one attached hydrogen (secondary N) is 1. The van der Waals surface area contributed by atoms with Crippen LogP contribution in [0.3, 0.4) is 0 Å². The van der Waals surface area contributed by atoms with Gasteiger partial charge in [-0.05, 0) is 170 Å². The summed E-state index contributed by atoms with van der Waals surface area (Å²) in [7, 11) is 0.747. The summed E-state index contributed by atoms with van der Waals surface area (Å²) in [4.78, 5) is 2.60. The molecule has 3 nitrogen and oxygen atoms in total. The highest BCUT2D eigenvalue weighted by Crippen LogP contribution is 2.53. The van der Waals surface area contributed by atoms with Crippen molar-refractivity contribution in [1.82, 2.24) is 0 Å². The Kier molecular flexibility index (Phi) is 10.1. The van der Waals surface area contributed by atoms with Gasteiger partial charge in [0.05, 0.1) is 5.69 Å². The lowest BCUT2D eigenvalue weighted by atomic mass is 9.57. The Morgan fingerprint density at radius 3 is 1.64 bits per heavy atom. The molecule has 0 saturated carbocycles. The van der Waals surface area contributed by atoms with Gasteiger partial charge in [-0.15, -0.1) is 0 Å². The molecule has 0 spiro atoms. The lowest BCUT2D eigenvalue weighted by Gasteiger charge is -2.43. The molecule has 1 aliphatic heterocycles. The Balaban J connectivity index is 1.16. The van der Waals surface area contributed by atoms with E-state index in [-0.39, 0.29) is 21.7 Å². The number of furan rings is 1. The van der Waals surface area contributed by atoms with Crippen LogP contribution < -0.4 is 21.1 Å². The van der Waals surface area contributed by atoms with E-state index in [1.54, 1.807) is 0 Å². The van der Waals surface area contributed by atoms with E-state index in [9.17, 15) is 0 Å². The maximum Gasteiger partial charge on any atom is 0.198 e.